The quantitative estimate of drug-likeness (QED) is 0.750. The molecule has 0 atom stereocenters. The molecule has 1 nitrogen and oxygen atoms in total. The van der Waals surface area contributed by atoms with E-state index in [1.165, 1.54) is 6.07 Å². The lowest BCUT2D eigenvalue weighted by Gasteiger charge is -2.13. The van der Waals surface area contributed by atoms with Gasteiger partial charge in [-0.2, -0.15) is 13.2 Å². The van der Waals surface area contributed by atoms with Gasteiger partial charge in [-0.3, -0.25) is 0 Å². The Labute approximate surface area is 98.8 Å². The SMILES string of the molecule is FC(F)(F)c1cccc(OC2CC2)c1I. The van der Waals surface area contributed by atoms with Crippen molar-refractivity contribution in [3.8, 4) is 5.75 Å². The first-order chi connectivity index (χ1) is 6.98. The van der Waals surface area contributed by atoms with Crippen molar-refractivity contribution in [2.24, 2.45) is 0 Å². The molecule has 0 spiro atoms. The maximum absolute atomic E-state index is 12.5. The molecule has 1 fully saturated rings. The first-order valence-corrected chi connectivity index (χ1v) is 5.59. The van der Waals surface area contributed by atoms with Crippen molar-refractivity contribution in [1.82, 2.24) is 0 Å². The summed E-state index contributed by atoms with van der Waals surface area (Å²) < 4.78 is 43.1. The number of benzene rings is 1. The molecule has 1 saturated carbocycles. The number of alkyl halides is 3. The van der Waals surface area contributed by atoms with Gasteiger partial charge >= 0.3 is 6.18 Å². The predicted molar refractivity (Wildman–Crippen MR) is 57.8 cm³/mol. The van der Waals surface area contributed by atoms with E-state index in [1.807, 2.05) is 0 Å². The van der Waals surface area contributed by atoms with Gasteiger partial charge < -0.3 is 4.74 Å². The molecule has 0 bridgehead atoms. The van der Waals surface area contributed by atoms with E-state index in [2.05, 4.69) is 0 Å². The summed E-state index contributed by atoms with van der Waals surface area (Å²) >= 11 is 1.68. The van der Waals surface area contributed by atoms with E-state index in [4.69, 9.17) is 4.74 Å². The summed E-state index contributed by atoms with van der Waals surface area (Å²) in [5.74, 6) is 0.341. The minimum Gasteiger partial charge on any atom is -0.489 e. The third-order valence-electron chi connectivity index (χ3n) is 2.09. The summed E-state index contributed by atoms with van der Waals surface area (Å²) in [4.78, 5) is 0. The second kappa shape index (κ2) is 3.84. The van der Waals surface area contributed by atoms with Crippen LogP contribution in [0, 0.1) is 3.57 Å². The van der Waals surface area contributed by atoms with E-state index in [0.29, 0.717) is 5.75 Å². The number of hydrogen-bond donors (Lipinski definition) is 0. The van der Waals surface area contributed by atoms with Gasteiger partial charge in [-0.15, -0.1) is 0 Å². The van der Waals surface area contributed by atoms with Crippen LogP contribution in [0.1, 0.15) is 18.4 Å². The Hall–Kier alpha value is -0.460. The third-order valence-corrected chi connectivity index (χ3v) is 3.20. The highest BCUT2D eigenvalue weighted by molar-refractivity contribution is 14.1. The van der Waals surface area contributed by atoms with E-state index in [1.54, 1.807) is 28.7 Å². The van der Waals surface area contributed by atoms with Crippen molar-refractivity contribution < 1.29 is 17.9 Å². The molecule has 0 N–H and O–H groups in total. The van der Waals surface area contributed by atoms with E-state index in [9.17, 15) is 13.2 Å². The molecule has 0 heterocycles. The molecule has 15 heavy (non-hydrogen) atoms. The third kappa shape index (κ3) is 2.56. The molecule has 82 valence electrons. The van der Waals surface area contributed by atoms with Crippen molar-refractivity contribution in [3.63, 3.8) is 0 Å². The monoisotopic (exact) mass is 328 g/mol. The largest absolute Gasteiger partial charge is 0.489 e. The fourth-order valence-corrected chi connectivity index (χ4v) is 1.98. The second-order valence-electron chi connectivity index (χ2n) is 3.43. The van der Waals surface area contributed by atoms with Crippen LogP contribution in [0.3, 0.4) is 0 Å². The highest BCUT2D eigenvalue weighted by Crippen LogP contribution is 2.38. The van der Waals surface area contributed by atoms with Crippen molar-refractivity contribution >= 4 is 22.6 Å². The van der Waals surface area contributed by atoms with Gasteiger partial charge in [0, 0.05) is 0 Å². The maximum atomic E-state index is 12.5. The zero-order valence-electron chi connectivity index (χ0n) is 7.64. The van der Waals surface area contributed by atoms with Crippen molar-refractivity contribution in [3.05, 3.63) is 27.3 Å². The lowest BCUT2D eigenvalue weighted by atomic mass is 10.2. The van der Waals surface area contributed by atoms with Gasteiger partial charge in [0.1, 0.15) is 5.75 Å². The zero-order chi connectivity index (χ0) is 11.1. The molecule has 1 aromatic carbocycles. The van der Waals surface area contributed by atoms with Crippen molar-refractivity contribution in [2.45, 2.75) is 25.1 Å². The predicted octanol–water partition coefficient (Wildman–Crippen LogP) is 3.85. The average molecular weight is 328 g/mol. The van der Waals surface area contributed by atoms with Gasteiger partial charge in [-0.25, -0.2) is 0 Å². The van der Waals surface area contributed by atoms with Crippen LogP contribution in [0.5, 0.6) is 5.75 Å². The van der Waals surface area contributed by atoms with Crippen molar-refractivity contribution in [2.75, 3.05) is 0 Å². The van der Waals surface area contributed by atoms with Gasteiger partial charge in [-0.1, -0.05) is 6.07 Å². The van der Waals surface area contributed by atoms with Crippen molar-refractivity contribution in [1.29, 1.82) is 0 Å². The van der Waals surface area contributed by atoms with Gasteiger partial charge in [-0.05, 0) is 47.6 Å². The summed E-state index contributed by atoms with van der Waals surface area (Å²) in [7, 11) is 0. The Morgan fingerprint density at radius 3 is 2.47 bits per heavy atom. The summed E-state index contributed by atoms with van der Waals surface area (Å²) in [5, 5.41) is 0. The van der Waals surface area contributed by atoms with Gasteiger partial charge in [0.05, 0.1) is 15.2 Å². The summed E-state index contributed by atoms with van der Waals surface area (Å²) in [6, 6.07) is 4.03. The van der Waals surface area contributed by atoms with Gasteiger partial charge in [0.25, 0.3) is 0 Å². The minimum absolute atomic E-state index is 0.113. The lowest BCUT2D eigenvalue weighted by molar-refractivity contribution is -0.138. The first kappa shape index (κ1) is 11.0. The topological polar surface area (TPSA) is 9.23 Å². The van der Waals surface area contributed by atoms with E-state index < -0.39 is 11.7 Å². The van der Waals surface area contributed by atoms with Crippen LogP contribution in [0.2, 0.25) is 0 Å². The fraction of sp³-hybridized carbons (Fsp3) is 0.400. The minimum atomic E-state index is -4.31. The Morgan fingerprint density at radius 2 is 1.93 bits per heavy atom. The van der Waals surface area contributed by atoms with Crippen LogP contribution in [0.15, 0.2) is 18.2 Å². The summed E-state index contributed by atoms with van der Waals surface area (Å²) in [6.07, 6.45) is -2.32. The van der Waals surface area contributed by atoms with Gasteiger partial charge in [0.15, 0.2) is 0 Å². The Bertz CT molecular complexity index is 371. The summed E-state index contributed by atoms with van der Waals surface area (Å²) in [6.45, 7) is 0. The number of halogens is 4. The molecule has 0 amide bonds. The van der Waals surface area contributed by atoms with Crippen LogP contribution in [0.25, 0.3) is 0 Å². The Morgan fingerprint density at radius 1 is 1.27 bits per heavy atom. The molecule has 0 saturated heterocycles. The maximum Gasteiger partial charge on any atom is 0.417 e. The number of rotatable bonds is 2. The highest BCUT2D eigenvalue weighted by atomic mass is 127. The molecular weight excluding hydrogens is 320 g/mol. The zero-order valence-corrected chi connectivity index (χ0v) is 9.80. The van der Waals surface area contributed by atoms with Crippen LogP contribution < -0.4 is 4.74 Å². The fourth-order valence-electron chi connectivity index (χ4n) is 1.19. The standard InChI is InChI=1S/C10H8F3IO/c11-10(12,13)7-2-1-3-8(9(7)14)15-6-4-5-6/h1-3,6H,4-5H2. The number of hydrogen-bond acceptors (Lipinski definition) is 1. The van der Waals surface area contributed by atoms with E-state index >= 15 is 0 Å². The van der Waals surface area contributed by atoms with E-state index in [0.717, 1.165) is 18.9 Å². The number of ether oxygens (including phenoxy) is 1. The molecule has 1 aliphatic carbocycles. The van der Waals surface area contributed by atoms with Crippen LogP contribution in [-0.4, -0.2) is 6.10 Å². The second-order valence-corrected chi connectivity index (χ2v) is 4.51. The molecular formula is C10H8F3IO. The molecule has 5 heteroatoms. The highest BCUT2D eigenvalue weighted by Gasteiger charge is 2.34. The molecule has 1 aliphatic rings. The molecule has 1 aromatic rings. The normalized spacial score (nSPS) is 16.5. The van der Waals surface area contributed by atoms with Crippen LogP contribution in [-0.2, 0) is 6.18 Å². The lowest BCUT2D eigenvalue weighted by Crippen LogP contribution is -2.09. The first-order valence-electron chi connectivity index (χ1n) is 4.51. The molecule has 0 aliphatic heterocycles. The van der Waals surface area contributed by atoms with Crippen LogP contribution in [0.4, 0.5) is 13.2 Å². The Balaban J connectivity index is 2.31. The van der Waals surface area contributed by atoms with E-state index in [-0.39, 0.29) is 9.67 Å². The van der Waals surface area contributed by atoms with Gasteiger partial charge in [0.2, 0.25) is 0 Å². The Kier molecular flexibility index (Phi) is 2.83. The smallest absolute Gasteiger partial charge is 0.417 e. The average Bonchev–Trinajstić information content (AvgIpc) is 2.90. The molecule has 0 radical (unpaired) electrons. The summed E-state index contributed by atoms with van der Waals surface area (Å²) in [5.41, 5.74) is -0.624. The molecule has 0 unspecified atom stereocenters. The molecule has 2 rings (SSSR count). The van der Waals surface area contributed by atoms with Crippen LogP contribution >= 0.6 is 22.6 Å². The molecule has 0 aromatic heterocycles.